The SMILES string of the molecule is CCCN1CC(=O)N(CC(C)C(N)=S)CC1=O. The molecule has 0 spiro atoms. The first kappa shape index (κ1) is 13.9. The van der Waals surface area contributed by atoms with E-state index < -0.39 is 0 Å². The summed E-state index contributed by atoms with van der Waals surface area (Å²) in [5, 5.41) is 0. The first-order chi connectivity index (χ1) is 7.95. The lowest BCUT2D eigenvalue weighted by atomic mass is 10.1. The van der Waals surface area contributed by atoms with Gasteiger partial charge in [-0.1, -0.05) is 26.1 Å². The maximum atomic E-state index is 11.8. The molecular weight excluding hydrogens is 238 g/mol. The lowest BCUT2D eigenvalue weighted by Crippen LogP contribution is -2.55. The van der Waals surface area contributed by atoms with E-state index in [4.69, 9.17) is 18.0 Å². The molecule has 0 aliphatic carbocycles. The molecule has 0 aromatic heterocycles. The molecule has 1 saturated heterocycles. The van der Waals surface area contributed by atoms with Gasteiger partial charge in [0.15, 0.2) is 0 Å². The third-order valence-corrected chi connectivity index (χ3v) is 3.23. The molecule has 1 fully saturated rings. The van der Waals surface area contributed by atoms with Crippen molar-refractivity contribution < 1.29 is 9.59 Å². The van der Waals surface area contributed by atoms with E-state index in [9.17, 15) is 9.59 Å². The maximum Gasteiger partial charge on any atom is 0.242 e. The highest BCUT2D eigenvalue weighted by Gasteiger charge is 2.30. The van der Waals surface area contributed by atoms with E-state index in [1.165, 1.54) is 0 Å². The highest BCUT2D eigenvalue weighted by molar-refractivity contribution is 7.80. The minimum Gasteiger partial charge on any atom is -0.393 e. The van der Waals surface area contributed by atoms with Crippen molar-refractivity contribution in [2.24, 2.45) is 11.7 Å². The number of carbonyl (C=O) groups excluding carboxylic acids is 2. The summed E-state index contributed by atoms with van der Waals surface area (Å²) in [5.41, 5.74) is 5.51. The van der Waals surface area contributed by atoms with E-state index >= 15 is 0 Å². The summed E-state index contributed by atoms with van der Waals surface area (Å²) >= 11 is 4.86. The predicted molar refractivity (Wildman–Crippen MR) is 69.4 cm³/mol. The molecule has 17 heavy (non-hydrogen) atoms. The lowest BCUT2D eigenvalue weighted by molar-refractivity contribution is -0.150. The smallest absolute Gasteiger partial charge is 0.242 e. The Hall–Kier alpha value is -1.17. The molecule has 6 heteroatoms. The summed E-state index contributed by atoms with van der Waals surface area (Å²) in [6.07, 6.45) is 0.863. The average molecular weight is 257 g/mol. The Bertz CT molecular complexity index is 333. The van der Waals surface area contributed by atoms with Crippen LogP contribution in [0.1, 0.15) is 20.3 Å². The van der Waals surface area contributed by atoms with Gasteiger partial charge < -0.3 is 15.5 Å². The molecule has 2 N–H and O–H groups in total. The van der Waals surface area contributed by atoms with Crippen molar-refractivity contribution in [3.63, 3.8) is 0 Å². The van der Waals surface area contributed by atoms with Gasteiger partial charge in [-0.15, -0.1) is 0 Å². The largest absolute Gasteiger partial charge is 0.393 e. The van der Waals surface area contributed by atoms with Gasteiger partial charge in [-0.25, -0.2) is 0 Å². The van der Waals surface area contributed by atoms with Crippen LogP contribution in [-0.2, 0) is 9.59 Å². The van der Waals surface area contributed by atoms with Gasteiger partial charge in [0.25, 0.3) is 0 Å². The molecule has 1 unspecified atom stereocenters. The Morgan fingerprint density at radius 3 is 2.41 bits per heavy atom. The van der Waals surface area contributed by atoms with Crippen LogP contribution in [0.25, 0.3) is 0 Å². The molecule has 1 atom stereocenters. The van der Waals surface area contributed by atoms with E-state index in [1.807, 2.05) is 13.8 Å². The van der Waals surface area contributed by atoms with Gasteiger partial charge >= 0.3 is 0 Å². The van der Waals surface area contributed by atoms with Crippen LogP contribution >= 0.6 is 12.2 Å². The van der Waals surface area contributed by atoms with Crippen LogP contribution in [0, 0.1) is 5.92 Å². The number of carbonyl (C=O) groups is 2. The van der Waals surface area contributed by atoms with Crippen molar-refractivity contribution >= 4 is 29.0 Å². The summed E-state index contributed by atoms with van der Waals surface area (Å²) in [4.78, 5) is 27.1. The van der Waals surface area contributed by atoms with Gasteiger partial charge in [0, 0.05) is 19.0 Å². The molecule has 2 amide bonds. The van der Waals surface area contributed by atoms with Crippen molar-refractivity contribution in [1.82, 2.24) is 9.80 Å². The minimum atomic E-state index is -0.0560. The fourth-order valence-corrected chi connectivity index (χ4v) is 1.84. The molecule has 5 nitrogen and oxygen atoms in total. The van der Waals surface area contributed by atoms with Crippen LogP contribution in [-0.4, -0.2) is 52.8 Å². The monoisotopic (exact) mass is 257 g/mol. The summed E-state index contributed by atoms with van der Waals surface area (Å²) in [5.74, 6) is -0.0813. The molecule has 96 valence electrons. The molecule has 0 aromatic rings. The lowest BCUT2D eigenvalue weighted by Gasteiger charge is -2.34. The molecular formula is C11H19N3O2S. The van der Waals surface area contributed by atoms with Gasteiger partial charge in [-0.3, -0.25) is 9.59 Å². The second-order valence-corrected chi connectivity index (χ2v) is 4.86. The number of piperazine rings is 1. The highest BCUT2D eigenvalue weighted by atomic mass is 32.1. The summed E-state index contributed by atoms with van der Waals surface area (Å²) < 4.78 is 0. The Labute approximate surface area is 107 Å². The maximum absolute atomic E-state index is 11.8. The van der Waals surface area contributed by atoms with Crippen LogP contribution in [0.3, 0.4) is 0 Å². The zero-order valence-corrected chi connectivity index (χ0v) is 11.1. The molecule has 0 radical (unpaired) electrons. The molecule has 1 aliphatic rings. The van der Waals surface area contributed by atoms with Crippen molar-refractivity contribution in [1.29, 1.82) is 0 Å². The minimum absolute atomic E-state index is 0.00147. The van der Waals surface area contributed by atoms with Gasteiger partial charge in [0.1, 0.15) is 0 Å². The van der Waals surface area contributed by atoms with Crippen molar-refractivity contribution in [2.75, 3.05) is 26.2 Å². The first-order valence-electron chi connectivity index (χ1n) is 5.80. The number of amides is 2. The van der Waals surface area contributed by atoms with Gasteiger partial charge in [-0.05, 0) is 6.42 Å². The van der Waals surface area contributed by atoms with Crippen LogP contribution in [0.4, 0.5) is 0 Å². The molecule has 0 aromatic carbocycles. The zero-order valence-electron chi connectivity index (χ0n) is 10.3. The van der Waals surface area contributed by atoms with Gasteiger partial charge in [0.2, 0.25) is 11.8 Å². The van der Waals surface area contributed by atoms with E-state index in [-0.39, 0.29) is 30.8 Å². The van der Waals surface area contributed by atoms with Gasteiger partial charge in [0.05, 0.1) is 18.1 Å². The van der Waals surface area contributed by atoms with Crippen molar-refractivity contribution in [3.05, 3.63) is 0 Å². The molecule has 0 saturated carbocycles. The van der Waals surface area contributed by atoms with Crippen LogP contribution in [0.2, 0.25) is 0 Å². The van der Waals surface area contributed by atoms with E-state index in [0.717, 1.165) is 6.42 Å². The van der Waals surface area contributed by atoms with Crippen LogP contribution < -0.4 is 5.73 Å². The number of hydrogen-bond acceptors (Lipinski definition) is 3. The van der Waals surface area contributed by atoms with Crippen molar-refractivity contribution in [2.45, 2.75) is 20.3 Å². The number of nitrogens with two attached hydrogens (primary N) is 1. The fraction of sp³-hybridized carbons (Fsp3) is 0.727. The topological polar surface area (TPSA) is 66.6 Å². The molecule has 0 bridgehead atoms. The van der Waals surface area contributed by atoms with E-state index in [0.29, 0.717) is 18.1 Å². The fourth-order valence-electron chi connectivity index (χ4n) is 1.76. The Morgan fingerprint density at radius 2 is 1.88 bits per heavy atom. The van der Waals surface area contributed by atoms with Gasteiger partial charge in [-0.2, -0.15) is 0 Å². The second-order valence-electron chi connectivity index (χ2n) is 4.39. The number of hydrogen-bond donors (Lipinski definition) is 1. The third-order valence-electron chi connectivity index (χ3n) is 2.83. The Balaban J connectivity index is 2.58. The molecule has 1 aliphatic heterocycles. The third kappa shape index (κ3) is 3.66. The van der Waals surface area contributed by atoms with E-state index in [1.54, 1.807) is 9.80 Å². The standard InChI is InChI=1S/C11H19N3O2S/c1-3-4-13-6-10(16)14(7-9(13)15)5-8(2)11(12)17/h8H,3-7H2,1-2H3,(H2,12,17). The Kier molecular flexibility index (Phi) is 4.86. The number of thiocarbonyl (C=S) groups is 1. The molecule has 1 rings (SSSR count). The zero-order chi connectivity index (χ0) is 13.0. The van der Waals surface area contributed by atoms with Crippen LogP contribution in [0.5, 0.6) is 0 Å². The van der Waals surface area contributed by atoms with Crippen LogP contribution in [0.15, 0.2) is 0 Å². The average Bonchev–Trinajstić information content (AvgIpc) is 2.25. The van der Waals surface area contributed by atoms with Crippen molar-refractivity contribution in [3.8, 4) is 0 Å². The molecule has 1 heterocycles. The Morgan fingerprint density at radius 1 is 1.35 bits per heavy atom. The second kappa shape index (κ2) is 5.95. The first-order valence-corrected chi connectivity index (χ1v) is 6.21. The predicted octanol–water partition coefficient (Wildman–Crippen LogP) is -0.0106. The number of nitrogens with zero attached hydrogens (tertiary/aromatic N) is 2. The summed E-state index contributed by atoms with van der Waals surface area (Å²) in [6.45, 7) is 5.24. The van der Waals surface area contributed by atoms with E-state index in [2.05, 4.69) is 0 Å². The summed E-state index contributed by atoms with van der Waals surface area (Å²) in [6, 6.07) is 0. The normalized spacial score (nSPS) is 18.5. The quantitative estimate of drug-likeness (QED) is 0.703. The number of rotatable bonds is 5. The highest BCUT2D eigenvalue weighted by Crippen LogP contribution is 2.09. The summed E-state index contributed by atoms with van der Waals surface area (Å²) in [7, 11) is 0.